The van der Waals surface area contributed by atoms with Crippen LogP contribution in [0.4, 0.5) is 0 Å². The monoisotopic (exact) mass is 460 g/mol. The molecule has 0 amide bonds. The number of halogens is 1. The fraction of sp³-hybridized carbons (Fsp3) is 0.400. The van der Waals surface area contributed by atoms with E-state index in [9.17, 15) is 18.0 Å². The predicted octanol–water partition coefficient (Wildman–Crippen LogP) is 2.58. The number of nitrogens with zero attached hydrogens (tertiary/aromatic N) is 4. The minimum Gasteiger partial charge on any atom is -0.273 e. The van der Waals surface area contributed by atoms with Gasteiger partial charge in [-0.25, -0.2) is 4.79 Å². The predicted molar refractivity (Wildman–Crippen MR) is 104 cm³/mol. The molecule has 0 N–H and O–H groups in total. The smallest absolute Gasteiger partial charge is 0.273 e. The van der Waals surface area contributed by atoms with Crippen LogP contribution in [0.2, 0.25) is 0 Å². The summed E-state index contributed by atoms with van der Waals surface area (Å²) in [6, 6.07) is 2.42. The van der Waals surface area contributed by atoms with Crippen molar-refractivity contribution in [3.05, 3.63) is 43.0 Å². The molecule has 0 aliphatic rings. The zero-order chi connectivity index (χ0) is 19.4. The molecule has 0 saturated heterocycles. The normalized spacial score (nSPS) is 12.6. The van der Waals surface area contributed by atoms with Crippen molar-refractivity contribution >= 4 is 48.3 Å². The molecule has 0 unspecified atom stereocenters. The second-order valence-electron chi connectivity index (χ2n) is 6.32. The summed E-state index contributed by atoms with van der Waals surface area (Å²) in [5.41, 5.74) is -0.995. The molecule has 3 aromatic rings. The summed E-state index contributed by atoms with van der Waals surface area (Å²) in [5.74, 6) is 0. The van der Waals surface area contributed by atoms with E-state index >= 15 is 0 Å². The van der Waals surface area contributed by atoms with Crippen LogP contribution < -0.4 is 11.2 Å². The molecule has 0 aromatic carbocycles. The first-order valence-corrected chi connectivity index (χ1v) is 10.9. The summed E-state index contributed by atoms with van der Waals surface area (Å²) >= 11 is 4.28. The standard InChI is InChI=1S/C15H17BrN4O4S2/c1-8(2)19-13-10(14(21)20(9(3)4)15(19)22)7-18(17-13)26(23,24)12-6-5-11(16)25-12/h5-9H,1-4H3. The van der Waals surface area contributed by atoms with E-state index in [0.717, 1.165) is 20.0 Å². The number of rotatable bonds is 4. The van der Waals surface area contributed by atoms with Crippen LogP contribution in [-0.2, 0) is 10.0 Å². The second kappa shape index (κ2) is 6.46. The van der Waals surface area contributed by atoms with Crippen molar-refractivity contribution in [3.63, 3.8) is 0 Å². The van der Waals surface area contributed by atoms with Gasteiger partial charge >= 0.3 is 5.69 Å². The van der Waals surface area contributed by atoms with Crippen molar-refractivity contribution < 1.29 is 8.42 Å². The summed E-state index contributed by atoms with van der Waals surface area (Å²) in [6.07, 6.45) is 1.18. The Hall–Kier alpha value is -1.72. The van der Waals surface area contributed by atoms with E-state index in [1.807, 2.05) is 0 Å². The average molecular weight is 461 g/mol. The van der Waals surface area contributed by atoms with E-state index in [1.54, 1.807) is 33.8 Å². The molecule has 11 heteroatoms. The lowest BCUT2D eigenvalue weighted by Gasteiger charge is -2.15. The van der Waals surface area contributed by atoms with E-state index < -0.39 is 21.3 Å². The van der Waals surface area contributed by atoms with E-state index in [0.29, 0.717) is 3.79 Å². The van der Waals surface area contributed by atoms with Crippen molar-refractivity contribution in [3.8, 4) is 0 Å². The molecule has 3 rings (SSSR count). The van der Waals surface area contributed by atoms with Gasteiger partial charge in [-0.05, 0) is 55.8 Å². The van der Waals surface area contributed by atoms with Gasteiger partial charge in [0.1, 0.15) is 9.60 Å². The van der Waals surface area contributed by atoms with Gasteiger partial charge in [-0.15, -0.1) is 16.4 Å². The topological polar surface area (TPSA) is 96.0 Å². The molecule has 26 heavy (non-hydrogen) atoms. The van der Waals surface area contributed by atoms with Crippen molar-refractivity contribution in [2.75, 3.05) is 0 Å². The van der Waals surface area contributed by atoms with Crippen LogP contribution in [0.1, 0.15) is 39.8 Å². The highest BCUT2D eigenvalue weighted by molar-refractivity contribution is 9.11. The molecule has 0 spiro atoms. The van der Waals surface area contributed by atoms with Crippen LogP contribution in [0.15, 0.2) is 35.9 Å². The van der Waals surface area contributed by atoms with Crippen LogP contribution in [0.25, 0.3) is 11.0 Å². The largest absolute Gasteiger partial charge is 0.333 e. The van der Waals surface area contributed by atoms with Gasteiger partial charge in [0.15, 0.2) is 5.65 Å². The van der Waals surface area contributed by atoms with E-state index in [2.05, 4.69) is 21.0 Å². The first kappa shape index (κ1) is 19.1. The molecule has 0 atom stereocenters. The molecule has 140 valence electrons. The Morgan fingerprint density at radius 3 is 2.19 bits per heavy atom. The van der Waals surface area contributed by atoms with Crippen LogP contribution in [-0.4, -0.2) is 26.7 Å². The minimum absolute atomic E-state index is 0.0612. The Kier molecular flexibility index (Phi) is 4.74. The van der Waals surface area contributed by atoms with Gasteiger partial charge in [0.05, 0.1) is 9.98 Å². The summed E-state index contributed by atoms with van der Waals surface area (Å²) < 4.78 is 29.6. The maximum atomic E-state index is 12.8. The van der Waals surface area contributed by atoms with Crippen molar-refractivity contribution in [1.82, 2.24) is 18.3 Å². The number of hydrogen-bond acceptors (Lipinski definition) is 6. The highest BCUT2D eigenvalue weighted by atomic mass is 79.9. The van der Waals surface area contributed by atoms with Crippen LogP contribution in [0.3, 0.4) is 0 Å². The van der Waals surface area contributed by atoms with Gasteiger partial charge in [0.25, 0.3) is 15.6 Å². The zero-order valence-corrected chi connectivity index (χ0v) is 17.7. The summed E-state index contributed by atoms with van der Waals surface area (Å²) in [5, 5.41) is 4.17. The first-order chi connectivity index (χ1) is 12.1. The lowest BCUT2D eigenvalue weighted by Crippen LogP contribution is -2.41. The summed E-state index contributed by atoms with van der Waals surface area (Å²) in [6.45, 7) is 7.01. The SMILES string of the molecule is CC(C)n1c(=O)c2cn(S(=O)(=O)c3ccc(Br)s3)nc2n(C(C)C)c1=O. The minimum atomic E-state index is -3.95. The highest BCUT2D eigenvalue weighted by Crippen LogP contribution is 2.28. The van der Waals surface area contributed by atoms with Crippen molar-refractivity contribution in [2.45, 2.75) is 44.0 Å². The summed E-state index contributed by atoms with van der Waals surface area (Å²) in [7, 11) is -3.95. The fourth-order valence-electron chi connectivity index (χ4n) is 2.67. The number of thiophene rings is 1. The quantitative estimate of drug-likeness (QED) is 0.595. The van der Waals surface area contributed by atoms with Crippen LogP contribution >= 0.6 is 27.3 Å². The second-order valence-corrected chi connectivity index (χ2v) is 10.8. The Bertz CT molecular complexity index is 1210. The molecular formula is C15H17BrN4O4S2. The van der Waals surface area contributed by atoms with Crippen LogP contribution in [0.5, 0.6) is 0 Å². The molecule has 3 aromatic heterocycles. The van der Waals surface area contributed by atoms with E-state index in [-0.39, 0.29) is 27.3 Å². The fourth-order valence-corrected chi connectivity index (χ4v) is 5.88. The Balaban J connectivity index is 2.40. The van der Waals surface area contributed by atoms with E-state index in [1.165, 1.54) is 16.8 Å². The van der Waals surface area contributed by atoms with Gasteiger partial charge < -0.3 is 0 Å². The van der Waals surface area contributed by atoms with Gasteiger partial charge in [-0.3, -0.25) is 13.9 Å². The Labute approximate surface area is 161 Å². The maximum absolute atomic E-state index is 12.8. The third-order valence-electron chi connectivity index (χ3n) is 3.85. The lowest BCUT2D eigenvalue weighted by atomic mass is 10.3. The average Bonchev–Trinajstić information content (AvgIpc) is 3.13. The maximum Gasteiger partial charge on any atom is 0.333 e. The Morgan fingerprint density at radius 2 is 1.69 bits per heavy atom. The van der Waals surface area contributed by atoms with Gasteiger partial charge in [0.2, 0.25) is 0 Å². The van der Waals surface area contributed by atoms with Gasteiger partial charge in [0, 0.05) is 12.1 Å². The number of hydrogen-bond donors (Lipinski definition) is 0. The van der Waals surface area contributed by atoms with Gasteiger partial charge in [-0.1, -0.05) is 0 Å². The van der Waals surface area contributed by atoms with Crippen molar-refractivity contribution in [1.29, 1.82) is 0 Å². The third-order valence-corrected chi connectivity index (χ3v) is 7.47. The van der Waals surface area contributed by atoms with E-state index in [4.69, 9.17) is 0 Å². The van der Waals surface area contributed by atoms with Crippen molar-refractivity contribution in [2.24, 2.45) is 0 Å². The third kappa shape index (κ3) is 2.87. The zero-order valence-electron chi connectivity index (χ0n) is 14.5. The first-order valence-electron chi connectivity index (χ1n) is 7.83. The number of aromatic nitrogens is 4. The molecule has 0 fully saturated rings. The number of fused-ring (bicyclic) bond motifs is 1. The molecule has 0 aliphatic heterocycles. The van der Waals surface area contributed by atoms with Gasteiger partial charge in [-0.2, -0.15) is 12.5 Å². The van der Waals surface area contributed by atoms with Crippen LogP contribution in [0, 0.1) is 0 Å². The molecule has 0 radical (unpaired) electrons. The lowest BCUT2D eigenvalue weighted by molar-refractivity contribution is 0.486. The molecule has 3 heterocycles. The molecular weight excluding hydrogens is 444 g/mol. The molecule has 0 aliphatic carbocycles. The molecule has 8 nitrogen and oxygen atoms in total. The highest BCUT2D eigenvalue weighted by Gasteiger charge is 2.25. The summed E-state index contributed by atoms with van der Waals surface area (Å²) in [4.78, 5) is 25.5. The Morgan fingerprint density at radius 1 is 1.08 bits per heavy atom. The molecule has 0 bridgehead atoms. The molecule has 0 saturated carbocycles.